The van der Waals surface area contributed by atoms with Gasteiger partial charge < -0.3 is 15.2 Å². The number of benzene rings is 1. The van der Waals surface area contributed by atoms with Crippen LogP contribution < -0.4 is 10.5 Å². The van der Waals surface area contributed by atoms with E-state index in [0.717, 1.165) is 31.1 Å². The molecule has 3 rings (SSSR count). The van der Waals surface area contributed by atoms with Gasteiger partial charge in [-0.1, -0.05) is 12.1 Å². The molecule has 2 aliphatic rings. The minimum atomic E-state index is 0.142. The van der Waals surface area contributed by atoms with Crippen molar-refractivity contribution in [1.29, 1.82) is 0 Å². The molecule has 2 atom stereocenters. The zero-order valence-corrected chi connectivity index (χ0v) is 12.5. The van der Waals surface area contributed by atoms with Gasteiger partial charge in [0.25, 0.3) is 0 Å². The molecule has 0 spiro atoms. The Kier molecular flexibility index (Phi) is 3.99. The predicted molar refractivity (Wildman–Crippen MR) is 79.9 cm³/mol. The summed E-state index contributed by atoms with van der Waals surface area (Å²) in [5.41, 5.74) is 8.93. The van der Waals surface area contributed by atoms with E-state index in [2.05, 4.69) is 32.0 Å². The molecule has 0 aromatic heterocycles. The summed E-state index contributed by atoms with van der Waals surface area (Å²) in [6.07, 6.45) is 5.20. The van der Waals surface area contributed by atoms with Crippen molar-refractivity contribution in [3.63, 3.8) is 0 Å². The molecule has 0 bridgehead atoms. The maximum Gasteiger partial charge on any atom is 0.123 e. The lowest BCUT2D eigenvalue weighted by atomic mass is 9.77. The van der Waals surface area contributed by atoms with E-state index in [1.54, 1.807) is 0 Å². The molecular formula is C17H25NO2. The Hall–Kier alpha value is -1.06. The Morgan fingerprint density at radius 3 is 2.95 bits per heavy atom. The summed E-state index contributed by atoms with van der Waals surface area (Å²) in [4.78, 5) is 0. The first kappa shape index (κ1) is 13.9. The summed E-state index contributed by atoms with van der Waals surface area (Å²) >= 11 is 0. The van der Waals surface area contributed by atoms with Gasteiger partial charge in [0.2, 0.25) is 0 Å². The van der Waals surface area contributed by atoms with Crippen molar-refractivity contribution in [2.24, 2.45) is 11.7 Å². The summed E-state index contributed by atoms with van der Waals surface area (Å²) in [5.74, 6) is 1.76. The first-order valence-electron chi connectivity index (χ1n) is 7.82. The highest BCUT2D eigenvalue weighted by molar-refractivity contribution is 5.41. The van der Waals surface area contributed by atoms with Gasteiger partial charge in [-0.15, -0.1) is 0 Å². The van der Waals surface area contributed by atoms with Gasteiger partial charge in [-0.3, -0.25) is 0 Å². The van der Waals surface area contributed by atoms with Crippen molar-refractivity contribution in [3.8, 4) is 5.75 Å². The van der Waals surface area contributed by atoms with Crippen LogP contribution in [0.4, 0.5) is 0 Å². The molecule has 0 radical (unpaired) electrons. The molecule has 110 valence electrons. The summed E-state index contributed by atoms with van der Waals surface area (Å²) < 4.78 is 11.3. The van der Waals surface area contributed by atoms with Crippen LogP contribution in [-0.4, -0.2) is 18.8 Å². The summed E-state index contributed by atoms with van der Waals surface area (Å²) in [6.45, 7) is 5.00. The fourth-order valence-electron chi connectivity index (χ4n) is 3.41. The topological polar surface area (TPSA) is 44.5 Å². The lowest BCUT2D eigenvalue weighted by molar-refractivity contribution is -0.0282. The summed E-state index contributed by atoms with van der Waals surface area (Å²) in [5, 5.41) is 0. The fraction of sp³-hybridized carbons (Fsp3) is 0.647. The van der Waals surface area contributed by atoms with Crippen LogP contribution in [0, 0.1) is 5.92 Å². The molecule has 1 aromatic rings. The van der Waals surface area contributed by atoms with E-state index in [1.807, 2.05) is 0 Å². The van der Waals surface area contributed by atoms with Crippen LogP contribution in [0.3, 0.4) is 0 Å². The first-order valence-corrected chi connectivity index (χ1v) is 7.82. The lowest BCUT2D eigenvalue weighted by Crippen LogP contribution is -2.33. The van der Waals surface area contributed by atoms with Crippen LogP contribution in [0.1, 0.15) is 50.3 Å². The SMILES string of the molecule is CCOC1CC(CC(N)c2ccc3c(c2)CC(C)O3)C1. The highest BCUT2D eigenvalue weighted by Gasteiger charge is 2.31. The average molecular weight is 275 g/mol. The van der Waals surface area contributed by atoms with Crippen LogP contribution in [0.25, 0.3) is 0 Å². The van der Waals surface area contributed by atoms with Crippen LogP contribution in [0.5, 0.6) is 5.75 Å². The summed E-state index contributed by atoms with van der Waals surface area (Å²) in [7, 11) is 0. The zero-order chi connectivity index (χ0) is 14.1. The van der Waals surface area contributed by atoms with Gasteiger partial charge in [0, 0.05) is 19.1 Å². The zero-order valence-electron chi connectivity index (χ0n) is 12.5. The smallest absolute Gasteiger partial charge is 0.123 e. The van der Waals surface area contributed by atoms with E-state index >= 15 is 0 Å². The molecule has 2 unspecified atom stereocenters. The van der Waals surface area contributed by atoms with Gasteiger partial charge in [0.1, 0.15) is 11.9 Å². The Balaban J connectivity index is 1.56. The highest BCUT2D eigenvalue weighted by Crippen LogP contribution is 2.37. The van der Waals surface area contributed by atoms with Crippen molar-refractivity contribution in [3.05, 3.63) is 29.3 Å². The van der Waals surface area contributed by atoms with Crippen LogP contribution in [0.15, 0.2) is 18.2 Å². The first-order chi connectivity index (χ1) is 9.65. The minimum absolute atomic E-state index is 0.142. The summed E-state index contributed by atoms with van der Waals surface area (Å²) in [6, 6.07) is 6.59. The van der Waals surface area contributed by atoms with Crippen molar-refractivity contribution >= 4 is 0 Å². The Labute approximate surface area is 121 Å². The molecule has 0 amide bonds. The normalized spacial score (nSPS) is 29.4. The average Bonchev–Trinajstić information content (AvgIpc) is 2.75. The minimum Gasteiger partial charge on any atom is -0.490 e. The second-order valence-corrected chi connectivity index (χ2v) is 6.26. The third kappa shape index (κ3) is 2.84. The van der Waals surface area contributed by atoms with Crippen LogP contribution >= 0.6 is 0 Å². The van der Waals surface area contributed by atoms with Crippen molar-refractivity contribution in [2.45, 2.75) is 57.8 Å². The fourth-order valence-corrected chi connectivity index (χ4v) is 3.41. The number of ether oxygens (including phenoxy) is 2. The van der Waals surface area contributed by atoms with Gasteiger partial charge in [0.05, 0.1) is 6.10 Å². The quantitative estimate of drug-likeness (QED) is 0.897. The second-order valence-electron chi connectivity index (χ2n) is 6.26. The van der Waals surface area contributed by atoms with Crippen LogP contribution in [0.2, 0.25) is 0 Å². The van der Waals surface area contributed by atoms with E-state index in [0.29, 0.717) is 12.2 Å². The molecule has 3 heteroatoms. The molecule has 3 nitrogen and oxygen atoms in total. The van der Waals surface area contributed by atoms with Crippen molar-refractivity contribution in [2.75, 3.05) is 6.61 Å². The predicted octanol–water partition coefficient (Wildman–Crippen LogP) is 3.22. The van der Waals surface area contributed by atoms with Gasteiger partial charge in [-0.2, -0.15) is 0 Å². The molecule has 20 heavy (non-hydrogen) atoms. The molecule has 1 fully saturated rings. The Bertz CT molecular complexity index is 468. The Morgan fingerprint density at radius 1 is 1.40 bits per heavy atom. The molecule has 1 heterocycles. The third-order valence-electron chi connectivity index (χ3n) is 4.53. The molecular weight excluding hydrogens is 250 g/mol. The molecule has 1 aliphatic carbocycles. The lowest BCUT2D eigenvalue weighted by Gasteiger charge is -2.36. The maximum absolute atomic E-state index is 6.37. The highest BCUT2D eigenvalue weighted by atomic mass is 16.5. The monoisotopic (exact) mass is 275 g/mol. The van der Waals surface area contributed by atoms with E-state index in [-0.39, 0.29) is 6.04 Å². The van der Waals surface area contributed by atoms with Gasteiger partial charge in [-0.25, -0.2) is 0 Å². The van der Waals surface area contributed by atoms with Crippen molar-refractivity contribution in [1.82, 2.24) is 0 Å². The molecule has 2 N–H and O–H groups in total. The largest absolute Gasteiger partial charge is 0.490 e. The number of hydrogen-bond acceptors (Lipinski definition) is 3. The van der Waals surface area contributed by atoms with E-state index in [9.17, 15) is 0 Å². The van der Waals surface area contributed by atoms with Gasteiger partial charge >= 0.3 is 0 Å². The molecule has 0 saturated heterocycles. The maximum atomic E-state index is 6.37. The van der Waals surface area contributed by atoms with E-state index in [4.69, 9.17) is 15.2 Å². The number of nitrogens with two attached hydrogens (primary N) is 1. The standard InChI is InChI=1S/C17H25NO2/c1-3-19-15-7-12(8-15)9-16(18)13-4-5-17-14(10-13)6-11(2)20-17/h4-5,10-12,15-16H,3,6-9,18H2,1-2H3. The number of rotatable bonds is 5. The molecule has 1 saturated carbocycles. The van der Waals surface area contributed by atoms with Gasteiger partial charge in [-0.05, 0) is 56.2 Å². The van der Waals surface area contributed by atoms with E-state index in [1.165, 1.54) is 24.0 Å². The molecule has 1 aliphatic heterocycles. The van der Waals surface area contributed by atoms with Crippen LogP contribution in [-0.2, 0) is 11.2 Å². The van der Waals surface area contributed by atoms with E-state index < -0.39 is 0 Å². The van der Waals surface area contributed by atoms with Gasteiger partial charge in [0.15, 0.2) is 0 Å². The molecule has 1 aromatic carbocycles. The number of hydrogen-bond donors (Lipinski definition) is 1. The Morgan fingerprint density at radius 2 is 2.20 bits per heavy atom. The number of fused-ring (bicyclic) bond motifs is 1. The van der Waals surface area contributed by atoms with Crippen molar-refractivity contribution < 1.29 is 9.47 Å². The second kappa shape index (κ2) is 5.74. The third-order valence-corrected chi connectivity index (χ3v) is 4.53.